The molecular formula is C24H26ClF2N5OS. The fourth-order valence-electron chi connectivity index (χ4n) is 4.31. The molecule has 10 heteroatoms. The molecule has 6 nitrogen and oxygen atoms in total. The minimum Gasteiger partial charge on any atom is -0.441 e. The Kier molecular flexibility index (Phi) is 7.54. The molecule has 0 bridgehead atoms. The molecule has 1 aliphatic rings. The summed E-state index contributed by atoms with van der Waals surface area (Å²) in [6.07, 6.45) is 3.06. The van der Waals surface area contributed by atoms with Gasteiger partial charge in [-0.3, -0.25) is 0 Å². The summed E-state index contributed by atoms with van der Waals surface area (Å²) in [5.74, 6) is 0.391. The Morgan fingerprint density at radius 2 is 1.79 bits per heavy atom. The molecule has 0 saturated carbocycles. The fourth-order valence-corrected chi connectivity index (χ4v) is 5.15. The predicted molar refractivity (Wildman–Crippen MR) is 132 cm³/mol. The van der Waals surface area contributed by atoms with Gasteiger partial charge in [0.25, 0.3) is 0 Å². The standard InChI is InChI=1S/C24H25F2N5OS.ClH/c1-15-27-21-13-16-6-9-31(10-7-17(16)14-22(21)32-15)8-3-11-33-24-29-28-23(30(24)2)18-4-5-19(25)20(26)12-18;/h4-5,12-14H,3,6-11H2,1-2H3;1H. The van der Waals surface area contributed by atoms with Crippen LogP contribution in [0.3, 0.4) is 0 Å². The van der Waals surface area contributed by atoms with E-state index in [9.17, 15) is 8.78 Å². The number of aryl methyl sites for hydroxylation is 1. The van der Waals surface area contributed by atoms with Gasteiger partial charge in [0.15, 0.2) is 34.1 Å². The Morgan fingerprint density at radius 1 is 1.03 bits per heavy atom. The molecule has 0 saturated heterocycles. The van der Waals surface area contributed by atoms with Gasteiger partial charge >= 0.3 is 0 Å². The van der Waals surface area contributed by atoms with Crippen molar-refractivity contribution < 1.29 is 13.2 Å². The highest BCUT2D eigenvalue weighted by Gasteiger charge is 2.17. The monoisotopic (exact) mass is 505 g/mol. The van der Waals surface area contributed by atoms with Crippen LogP contribution in [0.4, 0.5) is 8.78 Å². The topological polar surface area (TPSA) is 60.0 Å². The van der Waals surface area contributed by atoms with Crippen LogP contribution in [0.25, 0.3) is 22.5 Å². The van der Waals surface area contributed by atoms with Crippen LogP contribution in [0.1, 0.15) is 23.4 Å². The third-order valence-electron chi connectivity index (χ3n) is 6.07. The third kappa shape index (κ3) is 5.11. The molecule has 2 aromatic carbocycles. The summed E-state index contributed by atoms with van der Waals surface area (Å²) in [6, 6.07) is 8.12. The highest BCUT2D eigenvalue weighted by Crippen LogP contribution is 2.26. The van der Waals surface area contributed by atoms with Crippen molar-refractivity contribution in [2.24, 2.45) is 7.05 Å². The van der Waals surface area contributed by atoms with Crippen molar-refractivity contribution in [3.63, 3.8) is 0 Å². The van der Waals surface area contributed by atoms with Gasteiger partial charge in [0.05, 0.1) is 0 Å². The van der Waals surface area contributed by atoms with E-state index in [1.165, 1.54) is 17.2 Å². The number of aromatic nitrogens is 4. The van der Waals surface area contributed by atoms with Crippen molar-refractivity contribution >= 4 is 35.3 Å². The Bertz CT molecular complexity index is 1260. The Balaban J connectivity index is 0.00000274. The van der Waals surface area contributed by atoms with E-state index in [2.05, 4.69) is 32.2 Å². The lowest BCUT2D eigenvalue weighted by Crippen LogP contribution is -2.27. The van der Waals surface area contributed by atoms with Crippen LogP contribution in [-0.2, 0) is 19.9 Å². The molecule has 5 rings (SSSR count). The number of fused-ring (bicyclic) bond motifs is 2. The lowest BCUT2D eigenvalue weighted by Gasteiger charge is -2.19. The molecule has 34 heavy (non-hydrogen) atoms. The largest absolute Gasteiger partial charge is 0.441 e. The first-order valence-electron chi connectivity index (χ1n) is 11.1. The Hall–Kier alpha value is -2.49. The maximum Gasteiger partial charge on any atom is 0.192 e. The number of halogens is 3. The third-order valence-corrected chi connectivity index (χ3v) is 7.18. The molecule has 0 fully saturated rings. The second-order valence-corrected chi connectivity index (χ2v) is 9.42. The summed E-state index contributed by atoms with van der Waals surface area (Å²) in [5.41, 5.74) is 5.07. The van der Waals surface area contributed by atoms with Crippen molar-refractivity contribution in [3.05, 3.63) is 59.0 Å². The maximum absolute atomic E-state index is 13.6. The summed E-state index contributed by atoms with van der Waals surface area (Å²) in [7, 11) is 1.84. The number of hydrogen-bond acceptors (Lipinski definition) is 6. The highest BCUT2D eigenvalue weighted by molar-refractivity contribution is 7.99. The van der Waals surface area contributed by atoms with Crippen LogP contribution < -0.4 is 0 Å². The number of thioether (sulfide) groups is 1. The zero-order valence-electron chi connectivity index (χ0n) is 19.1. The smallest absolute Gasteiger partial charge is 0.192 e. The lowest BCUT2D eigenvalue weighted by molar-refractivity contribution is 0.289. The summed E-state index contributed by atoms with van der Waals surface area (Å²) in [4.78, 5) is 6.97. The molecule has 0 spiro atoms. The van der Waals surface area contributed by atoms with Gasteiger partial charge in [-0.25, -0.2) is 13.8 Å². The van der Waals surface area contributed by atoms with E-state index in [0.717, 1.165) is 73.0 Å². The number of hydrogen-bond donors (Lipinski definition) is 0. The van der Waals surface area contributed by atoms with Crippen LogP contribution >= 0.6 is 24.2 Å². The number of nitrogens with zero attached hydrogens (tertiary/aromatic N) is 5. The first-order chi connectivity index (χ1) is 16.0. The summed E-state index contributed by atoms with van der Waals surface area (Å²) >= 11 is 1.63. The van der Waals surface area contributed by atoms with E-state index in [0.29, 0.717) is 17.3 Å². The minimum atomic E-state index is -0.885. The first kappa shape index (κ1) is 24.6. The molecule has 0 amide bonds. The summed E-state index contributed by atoms with van der Waals surface area (Å²) in [6.45, 7) is 4.96. The average Bonchev–Trinajstić information content (AvgIpc) is 3.27. The maximum atomic E-state index is 13.6. The molecule has 0 atom stereocenters. The van der Waals surface area contributed by atoms with Crippen molar-refractivity contribution in [3.8, 4) is 11.4 Å². The molecule has 0 N–H and O–H groups in total. The normalized spacial score (nSPS) is 14.1. The lowest BCUT2D eigenvalue weighted by atomic mass is 10.0. The van der Waals surface area contributed by atoms with Gasteiger partial charge in [-0.05, 0) is 67.3 Å². The van der Waals surface area contributed by atoms with Gasteiger partial charge in [-0.15, -0.1) is 22.6 Å². The zero-order chi connectivity index (χ0) is 22.9. The van der Waals surface area contributed by atoms with Gasteiger partial charge in [0, 0.05) is 38.4 Å². The number of benzene rings is 2. The van der Waals surface area contributed by atoms with Crippen LogP contribution in [0, 0.1) is 18.6 Å². The molecule has 180 valence electrons. The highest BCUT2D eigenvalue weighted by atomic mass is 35.5. The van der Waals surface area contributed by atoms with Crippen LogP contribution in [0.5, 0.6) is 0 Å². The minimum absolute atomic E-state index is 0. The molecule has 3 heterocycles. The van der Waals surface area contributed by atoms with E-state index in [-0.39, 0.29) is 12.4 Å². The summed E-state index contributed by atoms with van der Waals surface area (Å²) in [5, 5.41) is 9.16. The molecule has 0 unspecified atom stereocenters. The van der Waals surface area contributed by atoms with Gasteiger partial charge in [-0.1, -0.05) is 11.8 Å². The van der Waals surface area contributed by atoms with Gasteiger partial charge in [0.1, 0.15) is 5.52 Å². The zero-order valence-corrected chi connectivity index (χ0v) is 20.7. The van der Waals surface area contributed by atoms with E-state index >= 15 is 0 Å². The predicted octanol–water partition coefficient (Wildman–Crippen LogP) is 5.21. The van der Waals surface area contributed by atoms with E-state index in [1.807, 2.05) is 18.5 Å². The molecule has 1 aliphatic heterocycles. The molecule has 2 aromatic heterocycles. The second-order valence-electron chi connectivity index (χ2n) is 8.36. The van der Waals surface area contributed by atoms with Crippen LogP contribution in [0.15, 0.2) is 39.9 Å². The quantitative estimate of drug-likeness (QED) is 0.265. The Labute approximate surface area is 207 Å². The molecule has 0 aliphatic carbocycles. The molecular weight excluding hydrogens is 480 g/mol. The average molecular weight is 506 g/mol. The van der Waals surface area contributed by atoms with Crippen molar-refractivity contribution in [1.29, 1.82) is 0 Å². The van der Waals surface area contributed by atoms with Gasteiger partial charge in [0.2, 0.25) is 0 Å². The van der Waals surface area contributed by atoms with Crippen LogP contribution in [0.2, 0.25) is 0 Å². The van der Waals surface area contributed by atoms with Gasteiger partial charge < -0.3 is 13.9 Å². The van der Waals surface area contributed by atoms with Crippen LogP contribution in [-0.4, -0.2) is 50.0 Å². The van der Waals surface area contributed by atoms with E-state index in [1.54, 1.807) is 11.8 Å². The SMILES string of the molecule is Cc1nc2cc3c(cc2o1)CCN(CCCSc1nnc(-c2ccc(F)c(F)c2)n1C)CC3.Cl. The van der Waals surface area contributed by atoms with Crippen molar-refractivity contribution in [2.45, 2.75) is 31.3 Å². The molecule has 4 aromatic rings. The van der Waals surface area contributed by atoms with Gasteiger partial charge in [-0.2, -0.15) is 0 Å². The molecule has 0 radical (unpaired) electrons. The van der Waals surface area contributed by atoms with Crippen molar-refractivity contribution in [2.75, 3.05) is 25.4 Å². The number of oxazole rings is 1. The van der Waals surface area contributed by atoms with E-state index < -0.39 is 11.6 Å². The number of rotatable bonds is 6. The van der Waals surface area contributed by atoms with Crippen molar-refractivity contribution in [1.82, 2.24) is 24.6 Å². The second kappa shape index (κ2) is 10.4. The fraction of sp³-hybridized carbons (Fsp3) is 0.375. The Morgan fingerprint density at radius 3 is 2.56 bits per heavy atom. The van der Waals surface area contributed by atoms with E-state index in [4.69, 9.17) is 4.42 Å². The summed E-state index contributed by atoms with van der Waals surface area (Å²) < 4.78 is 34.3. The first-order valence-corrected chi connectivity index (χ1v) is 12.1.